The number of carbonyl (C=O) groups is 1. The quantitative estimate of drug-likeness (QED) is 0.713. The zero-order valence-corrected chi connectivity index (χ0v) is 11.9. The molecule has 1 amide bonds. The van der Waals surface area contributed by atoms with Crippen LogP contribution in [0.3, 0.4) is 0 Å². The first-order chi connectivity index (χ1) is 8.65. The van der Waals surface area contributed by atoms with Crippen molar-refractivity contribution in [3.05, 3.63) is 0 Å². The minimum atomic E-state index is 0.240. The molecule has 0 saturated heterocycles. The van der Waals surface area contributed by atoms with Crippen LogP contribution in [-0.2, 0) is 4.79 Å². The number of hydrogen-bond donors (Lipinski definition) is 2. The summed E-state index contributed by atoms with van der Waals surface area (Å²) >= 11 is 0. The van der Waals surface area contributed by atoms with Gasteiger partial charge in [-0.2, -0.15) is 0 Å². The van der Waals surface area contributed by atoms with Crippen LogP contribution in [0.1, 0.15) is 58.8 Å². The monoisotopic (exact) mass is 252 g/mol. The second kappa shape index (κ2) is 6.55. The van der Waals surface area contributed by atoms with Gasteiger partial charge in [0.2, 0.25) is 5.91 Å². The number of hydrogen-bond acceptors (Lipinski definition) is 2. The number of amides is 1. The lowest BCUT2D eigenvalue weighted by Gasteiger charge is -2.33. The van der Waals surface area contributed by atoms with Crippen molar-refractivity contribution in [1.29, 1.82) is 0 Å². The topological polar surface area (TPSA) is 41.1 Å². The van der Waals surface area contributed by atoms with Gasteiger partial charge in [-0.05, 0) is 50.5 Å². The van der Waals surface area contributed by atoms with Gasteiger partial charge in [0.05, 0.1) is 0 Å². The molecule has 0 heterocycles. The molecule has 3 atom stereocenters. The summed E-state index contributed by atoms with van der Waals surface area (Å²) in [4.78, 5) is 11.5. The van der Waals surface area contributed by atoms with Gasteiger partial charge in [-0.15, -0.1) is 0 Å². The third-order valence-electron chi connectivity index (χ3n) is 4.39. The fourth-order valence-electron chi connectivity index (χ4n) is 2.88. The van der Waals surface area contributed by atoms with Gasteiger partial charge in [0.15, 0.2) is 0 Å². The first-order valence-corrected chi connectivity index (χ1v) is 7.68. The van der Waals surface area contributed by atoms with Crippen LogP contribution in [0.4, 0.5) is 0 Å². The van der Waals surface area contributed by atoms with Gasteiger partial charge in [-0.3, -0.25) is 4.79 Å². The summed E-state index contributed by atoms with van der Waals surface area (Å²) in [5, 5.41) is 6.69. The molecule has 3 unspecified atom stereocenters. The highest BCUT2D eigenvalue weighted by molar-refractivity contribution is 5.76. The maximum absolute atomic E-state index is 11.5. The number of rotatable bonds is 6. The van der Waals surface area contributed by atoms with Crippen LogP contribution in [0.5, 0.6) is 0 Å². The van der Waals surface area contributed by atoms with Gasteiger partial charge in [-0.25, -0.2) is 0 Å². The third kappa shape index (κ3) is 4.60. The van der Waals surface area contributed by atoms with Crippen molar-refractivity contribution in [1.82, 2.24) is 10.6 Å². The first-order valence-electron chi connectivity index (χ1n) is 7.68. The third-order valence-corrected chi connectivity index (χ3v) is 4.39. The summed E-state index contributed by atoms with van der Waals surface area (Å²) in [6.07, 6.45) is 8.04. The van der Waals surface area contributed by atoms with Crippen molar-refractivity contribution < 1.29 is 4.79 Å². The Balaban J connectivity index is 1.54. The second-order valence-corrected chi connectivity index (χ2v) is 6.40. The molecule has 2 N–H and O–H groups in total. The molecular formula is C15H28N2O. The lowest BCUT2D eigenvalue weighted by atomic mass is 9.80. The van der Waals surface area contributed by atoms with Gasteiger partial charge in [-0.1, -0.05) is 20.3 Å². The summed E-state index contributed by atoms with van der Waals surface area (Å²) in [5.41, 5.74) is 0. The average Bonchev–Trinajstić information content (AvgIpc) is 3.13. The predicted molar refractivity (Wildman–Crippen MR) is 74.4 cm³/mol. The highest BCUT2D eigenvalue weighted by Crippen LogP contribution is 2.28. The van der Waals surface area contributed by atoms with E-state index < -0.39 is 0 Å². The molecule has 2 fully saturated rings. The first kappa shape index (κ1) is 13.9. The second-order valence-electron chi connectivity index (χ2n) is 6.40. The van der Waals surface area contributed by atoms with Crippen molar-refractivity contribution in [2.75, 3.05) is 6.54 Å². The molecular weight excluding hydrogens is 224 g/mol. The molecule has 0 bridgehead atoms. The smallest absolute Gasteiger partial charge is 0.220 e. The van der Waals surface area contributed by atoms with E-state index in [9.17, 15) is 4.79 Å². The van der Waals surface area contributed by atoms with Crippen LogP contribution < -0.4 is 10.6 Å². The van der Waals surface area contributed by atoms with Gasteiger partial charge < -0.3 is 10.6 Å². The molecule has 2 aliphatic carbocycles. The van der Waals surface area contributed by atoms with E-state index in [1.807, 2.05) is 0 Å². The van der Waals surface area contributed by atoms with E-state index in [4.69, 9.17) is 0 Å². The fraction of sp³-hybridized carbons (Fsp3) is 0.933. The zero-order valence-electron chi connectivity index (χ0n) is 11.9. The molecule has 2 saturated carbocycles. The Morgan fingerprint density at radius 1 is 1.17 bits per heavy atom. The molecule has 0 aromatic heterocycles. The van der Waals surface area contributed by atoms with Gasteiger partial charge in [0.25, 0.3) is 0 Å². The average molecular weight is 252 g/mol. The van der Waals surface area contributed by atoms with Crippen LogP contribution in [-0.4, -0.2) is 24.5 Å². The molecule has 0 aliphatic heterocycles. The summed E-state index contributed by atoms with van der Waals surface area (Å²) in [6.45, 7) is 5.69. The minimum absolute atomic E-state index is 0.240. The van der Waals surface area contributed by atoms with E-state index >= 15 is 0 Å². The van der Waals surface area contributed by atoms with Gasteiger partial charge in [0, 0.05) is 18.5 Å². The Kier molecular flexibility index (Phi) is 5.04. The normalized spacial score (nSPS) is 32.2. The van der Waals surface area contributed by atoms with Crippen LogP contribution in [0, 0.1) is 11.8 Å². The van der Waals surface area contributed by atoms with Crippen LogP contribution in [0.25, 0.3) is 0 Å². The van der Waals surface area contributed by atoms with E-state index in [0.717, 1.165) is 24.8 Å². The standard InChI is InChI=1S/C15H28N2O/c1-11-5-6-12(2)14(10-11)16-9-3-4-15(18)17-13-7-8-13/h11-14,16H,3-10H2,1-2H3,(H,17,18). The summed E-state index contributed by atoms with van der Waals surface area (Å²) < 4.78 is 0. The largest absolute Gasteiger partial charge is 0.353 e. The maximum Gasteiger partial charge on any atom is 0.220 e. The van der Waals surface area contributed by atoms with E-state index in [-0.39, 0.29) is 5.91 Å². The molecule has 18 heavy (non-hydrogen) atoms. The molecule has 0 spiro atoms. The molecule has 0 aromatic carbocycles. The molecule has 2 rings (SSSR count). The lowest BCUT2D eigenvalue weighted by molar-refractivity contribution is -0.121. The van der Waals surface area contributed by atoms with E-state index in [0.29, 0.717) is 18.5 Å². The Bertz CT molecular complexity index is 276. The summed E-state index contributed by atoms with van der Waals surface area (Å²) in [6, 6.07) is 1.17. The lowest BCUT2D eigenvalue weighted by Crippen LogP contribution is -2.40. The van der Waals surface area contributed by atoms with Crippen molar-refractivity contribution in [3.63, 3.8) is 0 Å². The van der Waals surface area contributed by atoms with Crippen molar-refractivity contribution in [2.24, 2.45) is 11.8 Å². The fourth-order valence-corrected chi connectivity index (χ4v) is 2.88. The van der Waals surface area contributed by atoms with Crippen molar-refractivity contribution >= 4 is 5.91 Å². The molecule has 0 aromatic rings. The van der Waals surface area contributed by atoms with Gasteiger partial charge >= 0.3 is 0 Å². The van der Waals surface area contributed by atoms with Crippen LogP contribution in [0.15, 0.2) is 0 Å². The van der Waals surface area contributed by atoms with Gasteiger partial charge in [0.1, 0.15) is 0 Å². The summed E-state index contributed by atoms with van der Waals surface area (Å²) in [7, 11) is 0. The molecule has 3 heteroatoms. The molecule has 3 nitrogen and oxygen atoms in total. The van der Waals surface area contributed by atoms with Crippen LogP contribution >= 0.6 is 0 Å². The molecule has 0 radical (unpaired) electrons. The van der Waals surface area contributed by atoms with Crippen molar-refractivity contribution in [3.8, 4) is 0 Å². The predicted octanol–water partition coefficient (Wildman–Crippen LogP) is 2.46. The number of nitrogens with one attached hydrogen (secondary N) is 2. The Morgan fingerprint density at radius 2 is 1.94 bits per heavy atom. The Hall–Kier alpha value is -0.570. The highest BCUT2D eigenvalue weighted by atomic mass is 16.1. The maximum atomic E-state index is 11.5. The summed E-state index contributed by atoms with van der Waals surface area (Å²) in [5.74, 6) is 1.89. The number of carbonyl (C=O) groups excluding carboxylic acids is 1. The SMILES string of the molecule is CC1CCC(C)C(NCCCC(=O)NC2CC2)C1. The Morgan fingerprint density at radius 3 is 2.67 bits per heavy atom. The minimum Gasteiger partial charge on any atom is -0.353 e. The molecule has 104 valence electrons. The molecule has 2 aliphatic rings. The highest BCUT2D eigenvalue weighted by Gasteiger charge is 2.25. The van der Waals surface area contributed by atoms with Crippen molar-refractivity contribution in [2.45, 2.75) is 70.9 Å². The van der Waals surface area contributed by atoms with Crippen LogP contribution in [0.2, 0.25) is 0 Å². The van der Waals surface area contributed by atoms with E-state index in [1.165, 1.54) is 32.1 Å². The Labute approximate surface area is 111 Å². The van der Waals surface area contributed by atoms with E-state index in [2.05, 4.69) is 24.5 Å². The van der Waals surface area contributed by atoms with E-state index in [1.54, 1.807) is 0 Å². The zero-order chi connectivity index (χ0) is 13.0.